The first kappa shape index (κ1) is 18.5. The summed E-state index contributed by atoms with van der Waals surface area (Å²) in [5.41, 5.74) is 3.14. The summed E-state index contributed by atoms with van der Waals surface area (Å²) in [5, 5.41) is 15.4. The molecule has 0 spiro atoms. The van der Waals surface area contributed by atoms with Gasteiger partial charge in [-0.15, -0.1) is 0 Å². The van der Waals surface area contributed by atoms with E-state index in [1.165, 1.54) is 5.56 Å². The van der Waals surface area contributed by atoms with Gasteiger partial charge < -0.3 is 10.1 Å². The number of benzene rings is 1. The van der Waals surface area contributed by atoms with Crippen LogP contribution in [0.1, 0.15) is 21.6 Å². The van der Waals surface area contributed by atoms with E-state index in [9.17, 15) is 4.79 Å². The number of aromatic nitrogens is 6. The number of nitrogens with zero attached hydrogens (tertiary/aromatic N) is 6. The van der Waals surface area contributed by atoms with E-state index in [2.05, 4.69) is 26.7 Å². The van der Waals surface area contributed by atoms with Gasteiger partial charge in [0.25, 0.3) is 5.91 Å². The average Bonchev–Trinajstić information content (AvgIpc) is 3.44. The van der Waals surface area contributed by atoms with Crippen molar-refractivity contribution in [2.45, 2.75) is 27.2 Å². The molecule has 4 rings (SSSR count). The van der Waals surface area contributed by atoms with Crippen LogP contribution in [-0.4, -0.2) is 35.2 Å². The van der Waals surface area contributed by atoms with Crippen LogP contribution in [0.5, 0.6) is 5.75 Å². The normalized spacial score (nSPS) is 10.8. The van der Waals surface area contributed by atoms with Gasteiger partial charge in [0, 0.05) is 18.6 Å². The molecule has 0 aliphatic rings. The predicted molar refractivity (Wildman–Crippen MR) is 107 cm³/mol. The van der Waals surface area contributed by atoms with Gasteiger partial charge in [-0.3, -0.25) is 14.2 Å². The molecule has 0 bridgehead atoms. The molecular formula is C20H21N7O2. The Balaban J connectivity index is 1.34. The maximum Gasteiger partial charge on any atom is 0.276 e. The minimum Gasteiger partial charge on any atom is -0.471 e. The zero-order valence-electron chi connectivity index (χ0n) is 16.2. The Kier molecular flexibility index (Phi) is 5.10. The van der Waals surface area contributed by atoms with Gasteiger partial charge in [0.2, 0.25) is 0 Å². The third-order valence-corrected chi connectivity index (χ3v) is 4.30. The van der Waals surface area contributed by atoms with Crippen LogP contribution in [-0.2, 0) is 13.4 Å². The van der Waals surface area contributed by atoms with E-state index in [1.54, 1.807) is 44.9 Å². The van der Waals surface area contributed by atoms with E-state index in [-0.39, 0.29) is 12.6 Å². The maximum absolute atomic E-state index is 12.4. The van der Waals surface area contributed by atoms with E-state index in [4.69, 9.17) is 4.74 Å². The van der Waals surface area contributed by atoms with Gasteiger partial charge in [-0.2, -0.15) is 15.3 Å². The molecule has 4 aromatic rings. The van der Waals surface area contributed by atoms with E-state index >= 15 is 0 Å². The fourth-order valence-electron chi connectivity index (χ4n) is 2.88. The van der Waals surface area contributed by atoms with Crippen molar-refractivity contribution in [1.82, 2.24) is 29.3 Å². The zero-order valence-corrected chi connectivity index (χ0v) is 16.2. The lowest BCUT2D eigenvalue weighted by Crippen LogP contribution is -2.14. The molecule has 1 amide bonds. The molecule has 9 heteroatoms. The molecular weight excluding hydrogens is 370 g/mol. The Bertz CT molecular complexity index is 1110. The predicted octanol–water partition coefficient (Wildman–Crippen LogP) is 2.69. The number of nitrogens with one attached hydrogen (secondary N) is 1. The Labute approximate surface area is 167 Å². The number of carbonyl (C=O) groups is 1. The lowest BCUT2D eigenvalue weighted by molar-refractivity contribution is 0.102. The highest BCUT2D eigenvalue weighted by atomic mass is 16.5. The Morgan fingerprint density at radius 2 is 2.00 bits per heavy atom. The molecule has 0 fully saturated rings. The maximum atomic E-state index is 12.4. The number of amides is 1. The van der Waals surface area contributed by atoms with Gasteiger partial charge in [0.05, 0.1) is 18.1 Å². The van der Waals surface area contributed by atoms with Crippen molar-refractivity contribution in [3.05, 3.63) is 78.1 Å². The SMILES string of the molecule is Cc1ccc(OCn2cc(NC(=O)c3ccn(Cn4cccn4)n3)cn2)c(C)c1. The lowest BCUT2D eigenvalue weighted by Gasteiger charge is -2.09. The van der Waals surface area contributed by atoms with E-state index in [1.807, 2.05) is 38.2 Å². The fraction of sp³-hybridized carbons (Fsp3) is 0.200. The third kappa shape index (κ3) is 4.52. The van der Waals surface area contributed by atoms with Crippen molar-refractivity contribution in [2.24, 2.45) is 0 Å². The van der Waals surface area contributed by atoms with Crippen LogP contribution in [0.4, 0.5) is 5.69 Å². The molecule has 3 heterocycles. The monoisotopic (exact) mass is 391 g/mol. The van der Waals surface area contributed by atoms with E-state index < -0.39 is 0 Å². The molecule has 3 aromatic heterocycles. The molecule has 0 saturated carbocycles. The molecule has 0 unspecified atom stereocenters. The van der Waals surface area contributed by atoms with Crippen LogP contribution in [0.2, 0.25) is 0 Å². The fourth-order valence-corrected chi connectivity index (χ4v) is 2.88. The molecule has 1 N–H and O–H groups in total. The van der Waals surface area contributed by atoms with Crippen molar-refractivity contribution in [1.29, 1.82) is 0 Å². The summed E-state index contributed by atoms with van der Waals surface area (Å²) < 4.78 is 10.8. The van der Waals surface area contributed by atoms with Gasteiger partial charge in [-0.05, 0) is 37.6 Å². The van der Waals surface area contributed by atoms with Crippen molar-refractivity contribution in [3.8, 4) is 5.75 Å². The highest BCUT2D eigenvalue weighted by Crippen LogP contribution is 2.19. The molecule has 0 atom stereocenters. The molecule has 9 nitrogen and oxygen atoms in total. The number of ether oxygens (including phenoxy) is 1. The molecule has 148 valence electrons. The van der Waals surface area contributed by atoms with Crippen LogP contribution >= 0.6 is 0 Å². The minimum atomic E-state index is -0.306. The second kappa shape index (κ2) is 8.01. The second-order valence-corrected chi connectivity index (χ2v) is 6.69. The number of hydrogen-bond donors (Lipinski definition) is 1. The smallest absolute Gasteiger partial charge is 0.276 e. The number of carbonyl (C=O) groups excluding carboxylic acids is 1. The molecule has 29 heavy (non-hydrogen) atoms. The number of anilines is 1. The van der Waals surface area contributed by atoms with Crippen molar-refractivity contribution in [2.75, 3.05) is 5.32 Å². The van der Waals surface area contributed by atoms with Crippen LogP contribution in [0, 0.1) is 13.8 Å². The Hall–Kier alpha value is -3.88. The summed E-state index contributed by atoms with van der Waals surface area (Å²) in [5.74, 6) is 0.499. The topological polar surface area (TPSA) is 91.8 Å². The minimum absolute atomic E-state index is 0.248. The van der Waals surface area contributed by atoms with E-state index in [0.29, 0.717) is 18.1 Å². The summed E-state index contributed by atoms with van der Waals surface area (Å²) in [6.07, 6.45) is 8.54. The van der Waals surface area contributed by atoms with Crippen LogP contribution < -0.4 is 10.1 Å². The van der Waals surface area contributed by atoms with Crippen molar-refractivity contribution in [3.63, 3.8) is 0 Å². The van der Waals surface area contributed by atoms with Crippen LogP contribution in [0.25, 0.3) is 0 Å². The van der Waals surface area contributed by atoms with Gasteiger partial charge in [0.1, 0.15) is 12.4 Å². The van der Waals surface area contributed by atoms with Gasteiger partial charge in [-0.1, -0.05) is 17.7 Å². The highest BCUT2D eigenvalue weighted by molar-refractivity contribution is 6.02. The second-order valence-electron chi connectivity index (χ2n) is 6.69. The van der Waals surface area contributed by atoms with Crippen molar-refractivity contribution >= 4 is 11.6 Å². The standard InChI is InChI=1S/C20H21N7O2/c1-15-4-5-19(16(2)10-15)29-14-27-12-17(11-22-27)23-20(28)18-6-9-26(24-18)13-25-8-3-7-21-25/h3-12H,13-14H2,1-2H3,(H,23,28). The van der Waals surface area contributed by atoms with Crippen molar-refractivity contribution < 1.29 is 9.53 Å². The molecule has 0 aliphatic carbocycles. The Morgan fingerprint density at radius 1 is 1.10 bits per heavy atom. The highest BCUT2D eigenvalue weighted by Gasteiger charge is 2.11. The lowest BCUT2D eigenvalue weighted by atomic mass is 10.1. The first-order chi connectivity index (χ1) is 14.1. The van der Waals surface area contributed by atoms with Gasteiger partial charge >= 0.3 is 0 Å². The molecule has 0 aliphatic heterocycles. The Morgan fingerprint density at radius 3 is 2.79 bits per heavy atom. The van der Waals surface area contributed by atoms with Gasteiger partial charge in [0.15, 0.2) is 12.4 Å². The number of rotatable bonds is 7. The molecule has 0 radical (unpaired) electrons. The quantitative estimate of drug-likeness (QED) is 0.523. The summed E-state index contributed by atoms with van der Waals surface area (Å²) in [4.78, 5) is 12.4. The number of aryl methyl sites for hydroxylation is 2. The summed E-state index contributed by atoms with van der Waals surface area (Å²) in [7, 11) is 0. The summed E-state index contributed by atoms with van der Waals surface area (Å²) in [6, 6.07) is 9.50. The van der Waals surface area contributed by atoms with E-state index in [0.717, 1.165) is 11.3 Å². The zero-order chi connectivity index (χ0) is 20.2. The van der Waals surface area contributed by atoms with Crippen LogP contribution in [0.3, 0.4) is 0 Å². The van der Waals surface area contributed by atoms with Gasteiger partial charge in [-0.25, -0.2) is 4.68 Å². The van der Waals surface area contributed by atoms with Crippen LogP contribution in [0.15, 0.2) is 61.3 Å². The number of hydrogen-bond acceptors (Lipinski definition) is 5. The summed E-state index contributed by atoms with van der Waals surface area (Å²) >= 11 is 0. The summed E-state index contributed by atoms with van der Waals surface area (Å²) in [6.45, 7) is 4.73. The largest absolute Gasteiger partial charge is 0.471 e. The first-order valence-electron chi connectivity index (χ1n) is 9.11. The molecule has 0 saturated heterocycles. The third-order valence-electron chi connectivity index (χ3n) is 4.30. The first-order valence-corrected chi connectivity index (χ1v) is 9.11. The molecule has 1 aromatic carbocycles. The average molecular weight is 391 g/mol.